The molecule has 1 aromatic carbocycles. The van der Waals surface area contributed by atoms with Gasteiger partial charge < -0.3 is 0 Å². The number of aryl methyl sites for hydroxylation is 1. The van der Waals surface area contributed by atoms with Gasteiger partial charge in [-0.05, 0) is 43.4 Å². The van der Waals surface area contributed by atoms with E-state index in [4.69, 9.17) is 0 Å². The molecule has 0 fully saturated rings. The summed E-state index contributed by atoms with van der Waals surface area (Å²) in [4.78, 5) is 18.6. The number of carbonyl (C=O) groups excluding carboxylic acids is 1. The van der Waals surface area contributed by atoms with Crippen LogP contribution < -0.4 is 5.32 Å². The molecular weight excluding hydrogens is 394 g/mol. The third-order valence-corrected chi connectivity index (χ3v) is 8.36. The van der Waals surface area contributed by atoms with Crippen molar-refractivity contribution in [1.29, 1.82) is 0 Å². The van der Waals surface area contributed by atoms with E-state index in [9.17, 15) is 13.2 Å². The minimum Gasteiger partial charge on any atom is -0.298 e. The average Bonchev–Trinajstić information content (AvgIpc) is 3.10. The van der Waals surface area contributed by atoms with Gasteiger partial charge in [-0.3, -0.25) is 10.1 Å². The molecule has 3 rings (SSSR count). The summed E-state index contributed by atoms with van der Waals surface area (Å²) >= 11 is 1.53. The van der Waals surface area contributed by atoms with E-state index in [1.807, 2.05) is 0 Å². The number of rotatable bonds is 7. The van der Waals surface area contributed by atoms with Gasteiger partial charge in [0.05, 0.1) is 10.6 Å². The van der Waals surface area contributed by atoms with Crippen LogP contribution in [0.1, 0.15) is 54.5 Å². The van der Waals surface area contributed by atoms with Gasteiger partial charge in [0.1, 0.15) is 0 Å². The first-order valence-electron chi connectivity index (χ1n) is 9.79. The number of aromatic nitrogens is 1. The summed E-state index contributed by atoms with van der Waals surface area (Å²) in [7, 11) is -3.60. The Labute approximate surface area is 171 Å². The second kappa shape index (κ2) is 8.71. The lowest BCUT2D eigenvalue weighted by Crippen LogP contribution is -2.30. The summed E-state index contributed by atoms with van der Waals surface area (Å²) in [5.41, 5.74) is 1.40. The van der Waals surface area contributed by atoms with Crippen molar-refractivity contribution in [3.05, 3.63) is 40.4 Å². The van der Waals surface area contributed by atoms with E-state index in [0.29, 0.717) is 29.7 Å². The molecule has 6 nitrogen and oxygen atoms in total. The third kappa shape index (κ3) is 4.29. The number of fused-ring (bicyclic) bond motifs is 1. The number of nitrogens with zero attached hydrogens (tertiary/aromatic N) is 2. The molecule has 0 spiro atoms. The molecule has 0 saturated carbocycles. The molecule has 1 atom stereocenters. The predicted molar refractivity (Wildman–Crippen MR) is 112 cm³/mol. The molecule has 1 aromatic heterocycles. The topological polar surface area (TPSA) is 79.4 Å². The Hall–Kier alpha value is -1.77. The number of thiazole rings is 1. The van der Waals surface area contributed by atoms with Crippen molar-refractivity contribution in [3.8, 4) is 0 Å². The van der Waals surface area contributed by atoms with Gasteiger partial charge >= 0.3 is 0 Å². The highest BCUT2D eigenvalue weighted by Gasteiger charge is 2.24. The molecule has 28 heavy (non-hydrogen) atoms. The van der Waals surface area contributed by atoms with Crippen LogP contribution in [0.5, 0.6) is 0 Å². The molecule has 1 unspecified atom stereocenters. The van der Waals surface area contributed by atoms with Crippen LogP contribution in [0, 0.1) is 5.92 Å². The fourth-order valence-electron chi connectivity index (χ4n) is 3.52. The number of benzene rings is 1. The largest absolute Gasteiger partial charge is 0.298 e. The maximum Gasteiger partial charge on any atom is 0.257 e. The number of anilines is 1. The lowest BCUT2D eigenvalue weighted by Gasteiger charge is -2.18. The second-order valence-corrected chi connectivity index (χ2v) is 10.00. The van der Waals surface area contributed by atoms with E-state index in [0.717, 1.165) is 31.4 Å². The lowest BCUT2D eigenvalue weighted by molar-refractivity contribution is 0.102. The highest BCUT2D eigenvalue weighted by atomic mass is 32.2. The molecule has 1 aliphatic carbocycles. The van der Waals surface area contributed by atoms with Crippen molar-refractivity contribution >= 4 is 32.4 Å². The summed E-state index contributed by atoms with van der Waals surface area (Å²) in [6, 6.07) is 6.18. The molecule has 0 aliphatic heterocycles. The second-order valence-electron chi connectivity index (χ2n) is 6.98. The fraction of sp³-hybridized carbons (Fsp3) is 0.500. The van der Waals surface area contributed by atoms with Gasteiger partial charge in [-0.15, -0.1) is 11.3 Å². The van der Waals surface area contributed by atoms with Crippen molar-refractivity contribution in [2.45, 2.75) is 51.3 Å². The van der Waals surface area contributed by atoms with E-state index in [1.54, 1.807) is 26.0 Å². The van der Waals surface area contributed by atoms with E-state index < -0.39 is 10.0 Å². The average molecular weight is 422 g/mol. The number of carbonyl (C=O) groups is 1. The van der Waals surface area contributed by atoms with Crippen LogP contribution in [0.2, 0.25) is 0 Å². The Morgan fingerprint density at radius 3 is 2.71 bits per heavy atom. The van der Waals surface area contributed by atoms with Gasteiger partial charge in [-0.2, -0.15) is 4.31 Å². The molecule has 1 heterocycles. The van der Waals surface area contributed by atoms with Crippen molar-refractivity contribution in [3.63, 3.8) is 0 Å². The number of amides is 1. The summed E-state index contributed by atoms with van der Waals surface area (Å²) in [6.45, 7) is 6.58. The van der Waals surface area contributed by atoms with E-state index >= 15 is 0 Å². The quantitative estimate of drug-likeness (QED) is 0.734. The van der Waals surface area contributed by atoms with Gasteiger partial charge in [-0.25, -0.2) is 13.4 Å². The minimum atomic E-state index is -3.60. The smallest absolute Gasteiger partial charge is 0.257 e. The van der Waals surface area contributed by atoms with Crippen LogP contribution in [0.25, 0.3) is 0 Å². The zero-order valence-electron chi connectivity index (χ0n) is 16.6. The monoisotopic (exact) mass is 421 g/mol. The Kier molecular flexibility index (Phi) is 6.52. The fourth-order valence-corrected chi connectivity index (χ4v) is 6.15. The number of hydrogen-bond acceptors (Lipinski definition) is 5. The first kappa shape index (κ1) is 21.0. The molecule has 8 heteroatoms. The van der Waals surface area contributed by atoms with Crippen molar-refractivity contribution < 1.29 is 13.2 Å². The van der Waals surface area contributed by atoms with Crippen LogP contribution in [0.15, 0.2) is 29.2 Å². The highest BCUT2D eigenvalue weighted by molar-refractivity contribution is 7.89. The van der Waals surface area contributed by atoms with Crippen LogP contribution >= 0.6 is 11.3 Å². The summed E-state index contributed by atoms with van der Waals surface area (Å²) in [6.07, 6.45) is 4.29. The summed E-state index contributed by atoms with van der Waals surface area (Å²) in [5, 5.41) is 3.43. The highest BCUT2D eigenvalue weighted by Crippen LogP contribution is 2.33. The van der Waals surface area contributed by atoms with E-state index in [2.05, 4.69) is 17.2 Å². The van der Waals surface area contributed by atoms with Gasteiger partial charge in [0, 0.05) is 23.5 Å². The molecule has 2 aromatic rings. The molecule has 1 amide bonds. The predicted octanol–water partition coefficient (Wildman–Crippen LogP) is 3.94. The summed E-state index contributed by atoms with van der Waals surface area (Å²) in [5.74, 6) is 0.355. The molecule has 1 N–H and O–H groups in total. The van der Waals surface area contributed by atoms with E-state index in [-0.39, 0.29) is 10.8 Å². The SMILES string of the molecule is CCC1CCc2nc(NC(=O)c3cccc(S(=O)(=O)N(CC)CC)c3)sc2C1. The Morgan fingerprint density at radius 2 is 2.04 bits per heavy atom. The molecule has 0 saturated heterocycles. The molecular formula is C20H27N3O3S2. The summed E-state index contributed by atoms with van der Waals surface area (Å²) < 4.78 is 26.8. The maximum atomic E-state index is 12.7. The minimum absolute atomic E-state index is 0.132. The number of hydrogen-bond donors (Lipinski definition) is 1. The number of nitrogens with one attached hydrogen (secondary N) is 1. The van der Waals surface area contributed by atoms with Gasteiger partial charge in [0.2, 0.25) is 10.0 Å². The van der Waals surface area contributed by atoms with Crippen LogP contribution in [0.3, 0.4) is 0 Å². The standard InChI is InChI=1S/C20H27N3O3S2/c1-4-14-10-11-17-18(12-14)27-20(21-17)22-19(24)15-8-7-9-16(13-15)28(25,26)23(5-2)6-3/h7-9,13-14H,4-6,10-12H2,1-3H3,(H,21,22,24). The lowest BCUT2D eigenvalue weighted by atomic mass is 9.89. The van der Waals surface area contributed by atoms with Crippen molar-refractivity contribution in [2.24, 2.45) is 5.92 Å². The Balaban J connectivity index is 1.78. The zero-order valence-corrected chi connectivity index (χ0v) is 18.2. The molecule has 0 bridgehead atoms. The third-order valence-electron chi connectivity index (χ3n) is 5.28. The molecule has 1 aliphatic rings. The normalized spacial score (nSPS) is 16.8. The first-order chi connectivity index (χ1) is 13.4. The molecule has 0 radical (unpaired) electrons. The van der Waals surface area contributed by atoms with Gasteiger partial charge in [0.25, 0.3) is 5.91 Å². The van der Waals surface area contributed by atoms with E-state index in [1.165, 1.54) is 32.7 Å². The van der Waals surface area contributed by atoms with Crippen molar-refractivity contribution in [2.75, 3.05) is 18.4 Å². The Bertz CT molecular complexity index is 949. The zero-order chi connectivity index (χ0) is 20.3. The van der Waals surface area contributed by atoms with Gasteiger partial charge in [0.15, 0.2) is 5.13 Å². The molecule has 152 valence electrons. The van der Waals surface area contributed by atoms with Crippen LogP contribution in [-0.4, -0.2) is 36.7 Å². The van der Waals surface area contributed by atoms with Crippen LogP contribution in [0.4, 0.5) is 5.13 Å². The van der Waals surface area contributed by atoms with Crippen molar-refractivity contribution in [1.82, 2.24) is 9.29 Å². The van der Waals surface area contributed by atoms with Crippen LogP contribution in [-0.2, 0) is 22.9 Å². The number of sulfonamides is 1. The first-order valence-corrected chi connectivity index (χ1v) is 12.0. The Morgan fingerprint density at radius 1 is 1.29 bits per heavy atom. The maximum absolute atomic E-state index is 12.7. The van der Waals surface area contributed by atoms with Gasteiger partial charge in [-0.1, -0.05) is 33.3 Å².